The Hall–Kier alpha value is -1.02. The Kier molecular flexibility index (Phi) is 5.32. The topological polar surface area (TPSA) is 29.3 Å². The Morgan fingerprint density at radius 1 is 1.38 bits per heavy atom. The van der Waals surface area contributed by atoms with Crippen molar-refractivity contribution in [3.63, 3.8) is 0 Å². The van der Waals surface area contributed by atoms with Crippen LogP contribution in [0.2, 0.25) is 0 Å². The van der Waals surface area contributed by atoms with E-state index in [0.29, 0.717) is 0 Å². The fourth-order valence-corrected chi connectivity index (χ4v) is 4.07. The Morgan fingerprint density at radius 2 is 2.14 bits per heavy atom. The van der Waals surface area contributed by atoms with E-state index in [1.807, 2.05) is 0 Å². The third-order valence-corrected chi connectivity index (χ3v) is 5.21. The number of nitrogens with two attached hydrogens (primary N) is 1. The normalized spacial score (nSPS) is 26.1. The molecule has 1 aliphatic rings. The molecule has 2 N–H and O–H groups in total. The van der Waals surface area contributed by atoms with Crippen LogP contribution in [-0.2, 0) is 0 Å². The lowest BCUT2D eigenvalue weighted by molar-refractivity contribution is 0.200. The highest BCUT2D eigenvalue weighted by Crippen LogP contribution is 2.40. The monoisotopic (exact) mass is 288 g/mol. The van der Waals surface area contributed by atoms with E-state index in [9.17, 15) is 0 Å². The highest BCUT2D eigenvalue weighted by atomic mass is 15.2. The fourth-order valence-electron chi connectivity index (χ4n) is 4.07. The van der Waals surface area contributed by atoms with Crippen molar-refractivity contribution in [2.45, 2.75) is 58.4 Å². The molecule has 0 bridgehead atoms. The zero-order valence-electron chi connectivity index (χ0n) is 14.2. The molecule has 2 unspecified atom stereocenters. The van der Waals surface area contributed by atoms with Gasteiger partial charge in [0.1, 0.15) is 0 Å². The summed E-state index contributed by atoms with van der Waals surface area (Å²) in [6, 6.07) is 8.81. The molecule has 1 saturated carbocycles. The number of hydrogen-bond donors (Lipinski definition) is 1. The number of anilines is 1. The average Bonchev–Trinajstić information content (AvgIpc) is 2.46. The number of aryl methyl sites for hydroxylation is 1. The van der Waals surface area contributed by atoms with Crippen LogP contribution in [-0.4, -0.2) is 19.1 Å². The fraction of sp³-hybridized carbons (Fsp3) is 0.684. The number of hydrogen-bond acceptors (Lipinski definition) is 2. The highest BCUT2D eigenvalue weighted by Gasteiger charge is 2.38. The lowest BCUT2D eigenvalue weighted by Crippen LogP contribution is -2.55. The first-order chi connectivity index (χ1) is 9.97. The van der Waals surface area contributed by atoms with Crippen LogP contribution in [0.5, 0.6) is 0 Å². The Bertz CT molecular complexity index is 455. The van der Waals surface area contributed by atoms with Crippen molar-refractivity contribution in [3.8, 4) is 0 Å². The van der Waals surface area contributed by atoms with Crippen molar-refractivity contribution in [1.82, 2.24) is 0 Å². The Balaban J connectivity index is 2.19. The minimum Gasteiger partial charge on any atom is -0.368 e. The van der Waals surface area contributed by atoms with E-state index >= 15 is 0 Å². The zero-order valence-corrected chi connectivity index (χ0v) is 14.2. The molecule has 1 aliphatic carbocycles. The Morgan fingerprint density at radius 3 is 2.76 bits per heavy atom. The molecule has 2 nitrogen and oxygen atoms in total. The lowest BCUT2D eigenvalue weighted by Gasteiger charge is -2.48. The van der Waals surface area contributed by atoms with Gasteiger partial charge in [-0.25, -0.2) is 0 Å². The summed E-state index contributed by atoms with van der Waals surface area (Å²) in [6.45, 7) is 7.59. The van der Waals surface area contributed by atoms with Crippen molar-refractivity contribution in [1.29, 1.82) is 0 Å². The van der Waals surface area contributed by atoms with Gasteiger partial charge in [0.15, 0.2) is 0 Å². The quantitative estimate of drug-likeness (QED) is 0.872. The number of rotatable bonds is 5. The van der Waals surface area contributed by atoms with Gasteiger partial charge in [-0.05, 0) is 55.7 Å². The first-order valence-electron chi connectivity index (χ1n) is 8.47. The lowest BCUT2D eigenvalue weighted by atomic mass is 9.72. The van der Waals surface area contributed by atoms with Gasteiger partial charge < -0.3 is 10.6 Å². The summed E-state index contributed by atoms with van der Waals surface area (Å²) in [5, 5.41) is 0. The van der Waals surface area contributed by atoms with Gasteiger partial charge in [0.2, 0.25) is 0 Å². The number of nitrogens with zero attached hydrogens (tertiary/aromatic N) is 1. The molecule has 1 aromatic rings. The second kappa shape index (κ2) is 6.83. The van der Waals surface area contributed by atoms with E-state index in [-0.39, 0.29) is 5.54 Å². The van der Waals surface area contributed by atoms with Crippen LogP contribution >= 0.6 is 0 Å². The van der Waals surface area contributed by atoms with Gasteiger partial charge in [-0.3, -0.25) is 0 Å². The molecule has 0 amide bonds. The van der Waals surface area contributed by atoms with E-state index in [2.05, 4.69) is 57.0 Å². The van der Waals surface area contributed by atoms with E-state index in [1.54, 1.807) is 0 Å². The van der Waals surface area contributed by atoms with Crippen LogP contribution in [0.4, 0.5) is 5.69 Å². The van der Waals surface area contributed by atoms with Crippen LogP contribution in [0.15, 0.2) is 24.3 Å². The third-order valence-electron chi connectivity index (χ3n) is 5.21. The molecule has 0 heterocycles. The zero-order chi connectivity index (χ0) is 15.5. The van der Waals surface area contributed by atoms with Crippen molar-refractivity contribution >= 4 is 5.69 Å². The summed E-state index contributed by atoms with van der Waals surface area (Å²) in [4.78, 5) is 2.46. The van der Waals surface area contributed by atoms with Crippen LogP contribution in [0.1, 0.15) is 51.5 Å². The smallest absolute Gasteiger partial charge is 0.0523 e. The number of benzene rings is 1. The van der Waals surface area contributed by atoms with Gasteiger partial charge in [0.05, 0.1) is 5.54 Å². The standard InChI is InChI=1S/C19H32N2/c1-15(2)11-17-8-6-10-19(13-17,14-20)21(4)18-9-5-7-16(3)12-18/h5,7,9,12,15,17H,6,8,10-11,13-14,20H2,1-4H3. The van der Waals surface area contributed by atoms with E-state index in [0.717, 1.165) is 18.4 Å². The summed E-state index contributed by atoms with van der Waals surface area (Å²) in [7, 11) is 2.24. The van der Waals surface area contributed by atoms with Crippen LogP contribution < -0.4 is 10.6 Å². The average molecular weight is 288 g/mol. The summed E-state index contributed by atoms with van der Waals surface area (Å²) < 4.78 is 0. The minimum absolute atomic E-state index is 0.144. The molecular weight excluding hydrogens is 256 g/mol. The maximum atomic E-state index is 6.27. The first-order valence-corrected chi connectivity index (χ1v) is 8.47. The minimum atomic E-state index is 0.144. The Labute approximate surface area is 130 Å². The van der Waals surface area contributed by atoms with E-state index < -0.39 is 0 Å². The van der Waals surface area contributed by atoms with Crippen LogP contribution in [0, 0.1) is 18.8 Å². The molecule has 0 aliphatic heterocycles. The van der Waals surface area contributed by atoms with Gasteiger partial charge in [-0.1, -0.05) is 38.8 Å². The summed E-state index contributed by atoms with van der Waals surface area (Å²) >= 11 is 0. The van der Waals surface area contributed by atoms with Gasteiger partial charge in [0.25, 0.3) is 0 Å². The van der Waals surface area contributed by atoms with Crippen molar-refractivity contribution < 1.29 is 0 Å². The van der Waals surface area contributed by atoms with Crippen LogP contribution in [0.3, 0.4) is 0 Å². The van der Waals surface area contributed by atoms with Crippen molar-refractivity contribution in [2.24, 2.45) is 17.6 Å². The van der Waals surface area contributed by atoms with E-state index in [4.69, 9.17) is 5.73 Å². The predicted molar refractivity (Wildman–Crippen MR) is 92.8 cm³/mol. The molecule has 2 atom stereocenters. The maximum Gasteiger partial charge on any atom is 0.0523 e. The molecular formula is C19H32N2. The summed E-state index contributed by atoms with van der Waals surface area (Å²) in [6.07, 6.45) is 6.49. The maximum absolute atomic E-state index is 6.27. The largest absolute Gasteiger partial charge is 0.368 e. The van der Waals surface area contributed by atoms with Gasteiger partial charge >= 0.3 is 0 Å². The molecule has 2 rings (SSSR count). The van der Waals surface area contributed by atoms with Gasteiger partial charge in [0, 0.05) is 19.3 Å². The molecule has 0 aromatic heterocycles. The van der Waals surface area contributed by atoms with Crippen molar-refractivity contribution in [2.75, 3.05) is 18.5 Å². The summed E-state index contributed by atoms with van der Waals surface area (Å²) in [5.74, 6) is 1.61. The first kappa shape index (κ1) is 16.4. The third kappa shape index (κ3) is 3.79. The summed E-state index contributed by atoms with van der Waals surface area (Å²) in [5.41, 5.74) is 9.04. The molecule has 2 heteroatoms. The van der Waals surface area contributed by atoms with Gasteiger partial charge in [-0.2, -0.15) is 0 Å². The van der Waals surface area contributed by atoms with Crippen LogP contribution in [0.25, 0.3) is 0 Å². The number of likely N-dealkylation sites (N-methyl/N-ethyl adjacent to an activating group) is 1. The molecule has 0 radical (unpaired) electrons. The van der Waals surface area contributed by atoms with E-state index in [1.165, 1.54) is 43.4 Å². The molecule has 1 aromatic carbocycles. The van der Waals surface area contributed by atoms with Crippen molar-refractivity contribution in [3.05, 3.63) is 29.8 Å². The molecule has 118 valence electrons. The molecule has 1 fully saturated rings. The molecule has 0 spiro atoms. The predicted octanol–water partition coefficient (Wildman–Crippen LogP) is 4.37. The highest BCUT2D eigenvalue weighted by molar-refractivity contribution is 5.50. The second-order valence-electron chi connectivity index (χ2n) is 7.42. The SMILES string of the molecule is Cc1cccc(N(C)C2(CN)CCCC(CC(C)C)C2)c1. The molecule has 0 saturated heterocycles. The van der Waals surface area contributed by atoms with Gasteiger partial charge in [-0.15, -0.1) is 0 Å². The second-order valence-corrected chi connectivity index (χ2v) is 7.42. The molecule has 21 heavy (non-hydrogen) atoms.